The molecule has 0 heterocycles. The van der Waals surface area contributed by atoms with Gasteiger partial charge in [0.2, 0.25) is 0 Å². The SMILES string of the molecule is CC1(C)CCCCCc2ccc(F)cc21. The van der Waals surface area contributed by atoms with E-state index in [0.717, 1.165) is 6.42 Å². The third-order valence-corrected chi connectivity index (χ3v) is 3.55. The first-order valence-corrected chi connectivity index (χ1v) is 5.88. The topological polar surface area (TPSA) is 0 Å². The first kappa shape index (κ1) is 10.7. The quantitative estimate of drug-likeness (QED) is 0.596. The highest BCUT2D eigenvalue weighted by atomic mass is 19.1. The Balaban J connectivity index is 2.46. The maximum atomic E-state index is 13.3. The molecule has 1 aromatic carbocycles. The molecule has 0 aliphatic heterocycles. The maximum absolute atomic E-state index is 13.3. The van der Waals surface area contributed by atoms with Crippen LogP contribution < -0.4 is 0 Å². The van der Waals surface area contributed by atoms with Gasteiger partial charge >= 0.3 is 0 Å². The first-order chi connectivity index (χ1) is 7.09. The number of benzene rings is 1. The van der Waals surface area contributed by atoms with Crippen LogP contribution in [0.25, 0.3) is 0 Å². The fourth-order valence-corrected chi connectivity index (χ4v) is 2.59. The largest absolute Gasteiger partial charge is 0.207 e. The molecule has 0 spiro atoms. The average molecular weight is 206 g/mol. The minimum atomic E-state index is -0.0950. The van der Waals surface area contributed by atoms with Gasteiger partial charge in [0.15, 0.2) is 0 Å². The molecule has 1 aliphatic rings. The number of hydrogen-bond acceptors (Lipinski definition) is 0. The number of rotatable bonds is 0. The molecule has 0 fully saturated rings. The molecule has 1 aliphatic carbocycles. The molecule has 0 nitrogen and oxygen atoms in total. The molecule has 1 heteroatoms. The molecule has 0 aromatic heterocycles. The molecule has 2 rings (SSSR count). The summed E-state index contributed by atoms with van der Waals surface area (Å²) in [6.07, 6.45) is 6.10. The summed E-state index contributed by atoms with van der Waals surface area (Å²) in [6, 6.07) is 5.30. The predicted molar refractivity (Wildman–Crippen MR) is 61.6 cm³/mol. The lowest BCUT2D eigenvalue weighted by Crippen LogP contribution is -2.21. The fourth-order valence-electron chi connectivity index (χ4n) is 2.59. The van der Waals surface area contributed by atoms with E-state index in [4.69, 9.17) is 0 Å². The zero-order valence-electron chi connectivity index (χ0n) is 9.65. The van der Waals surface area contributed by atoms with E-state index in [1.807, 2.05) is 6.07 Å². The molecule has 0 unspecified atom stereocenters. The van der Waals surface area contributed by atoms with Gasteiger partial charge in [-0.1, -0.05) is 32.8 Å². The van der Waals surface area contributed by atoms with Gasteiger partial charge in [0.25, 0.3) is 0 Å². The van der Waals surface area contributed by atoms with Gasteiger partial charge in [-0.2, -0.15) is 0 Å². The van der Waals surface area contributed by atoms with Crippen LogP contribution in [-0.4, -0.2) is 0 Å². The smallest absolute Gasteiger partial charge is 0.123 e. The third kappa shape index (κ3) is 2.22. The Hall–Kier alpha value is -0.850. The van der Waals surface area contributed by atoms with Crippen molar-refractivity contribution in [2.24, 2.45) is 0 Å². The molecule has 0 radical (unpaired) electrons. The standard InChI is InChI=1S/C14H19F/c1-14(2)9-5-3-4-6-11-7-8-12(15)10-13(11)14/h7-8,10H,3-6,9H2,1-2H3. The van der Waals surface area contributed by atoms with Crippen LogP contribution in [0.2, 0.25) is 0 Å². The second-order valence-corrected chi connectivity index (χ2v) is 5.25. The Kier molecular flexibility index (Phi) is 2.81. The summed E-state index contributed by atoms with van der Waals surface area (Å²) in [7, 11) is 0. The van der Waals surface area contributed by atoms with Crippen molar-refractivity contribution in [3.63, 3.8) is 0 Å². The summed E-state index contributed by atoms with van der Waals surface area (Å²) in [5.74, 6) is -0.0950. The minimum Gasteiger partial charge on any atom is -0.207 e. The molecular formula is C14H19F. The highest BCUT2D eigenvalue weighted by molar-refractivity contribution is 5.34. The second-order valence-electron chi connectivity index (χ2n) is 5.25. The van der Waals surface area contributed by atoms with Crippen LogP contribution in [0, 0.1) is 5.82 Å². The average Bonchev–Trinajstić information content (AvgIpc) is 2.17. The second kappa shape index (κ2) is 3.96. The van der Waals surface area contributed by atoms with Crippen LogP contribution in [0.4, 0.5) is 4.39 Å². The maximum Gasteiger partial charge on any atom is 0.123 e. The Labute approximate surface area is 91.5 Å². The lowest BCUT2D eigenvalue weighted by molar-refractivity contribution is 0.427. The van der Waals surface area contributed by atoms with Gasteiger partial charge in [-0.15, -0.1) is 0 Å². The van der Waals surface area contributed by atoms with Gasteiger partial charge < -0.3 is 0 Å². The van der Waals surface area contributed by atoms with Crippen LogP contribution in [-0.2, 0) is 11.8 Å². The third-order valence-electron chi connectivity index (χ3n) is 3.55. The van der Waals surface area contributed by atoms with Crippen molar-refractivity contribution in [3.8, 4) is 0 Å². The van der Waals surface area contributed by atoms with Crippen molar-refractivity contribution >= 4 is 0 Å². The number of aryl methyl sites for hydroxylation is 1. The number of hydrogen-bond donors (Lipinski definition) is 0. The minimum absolute atomic E-state index is 0.0950. The molecule has 0 bridgehead atoms. The summed E-state index contributed by atoms with van der Waals surface area (Å²) in [5.41, 5.74) is 2.71. The van der Waals surface area contributed by atoms with Gasteiger partial charge in [0.05, 0.1) is 0 Å². The molecule has 15 heavy (non-hydrogen) atoms. The molecule has 0 atom stereocenters. The Morgan fingerprint density at radius 3 is 2.73 bits per heavy atom. The van der Waals surface area contributed by atoms with Crippen molar-refractivity contribution in [2.45, 2.75) is 51.4 Å². The Morgan fingerprint density at radius 1 is 1.13 bits per heavy atom. The van der Waals surface area contributed by atoms with Gasteiger partial charge in [-0.3, -0.25) is 0 Å². The van der Waals surface area contributed by atoms with E-state index < -0.39 is 0 Å². The predicted octanol–water partition coefficient (Wildman–Crippen LogP) is 4.22. The molecule has 0 saturated heterocycles. The van der Waals surface area contributed by atoms with Gasteiger partial charge in [0.1, 0.15) is 5.82 Å². The van der Waals surface area contributed by atoms with Crippen molar-refractivity contribution in [1.82, 2.24) is 0 Å². The van der Waals surface area contributed by atoms with E-state index in [2.05, 4.69) is 13.8 Å². The van der Waals surface area contributed by atoms with Crippen LogP contribution in [0.1, 0.15) is 50.7 Å². The zero-order chi connectivity index (χ0) is 10.9. The van der Waals surface area contributed by atoms with E-state index >= 15 is 0 Å². The van der Waals surface area contributed by atoms with Crippen molar-refractivity contribution in [1.29, 1.82) is 0 Å². The van der Waals surface area contributed by atoms with E-state index in [1.165, 1.54) is 36.8 Å². The molecular weight excluding hydrogens is 187 g/mol. The van der Waals surface area contributed by atoms with Crippen molar-refractivity contribution < 1.29 is 4.39 Å². The highest BCUT2D eigenvalue weighted by Crippen LogP contribution is 2.35. The summed E-state index contributed by atoms with van der Waals surface area (Å²) in [6.45, 7) is 4.47. The highest BCUT2D eigenvalue weighted by Gasteiger charge is 2.24. The van der Waals surface area contributed by atoms with Crippen LogP contribution >= 0.6 is 0 Å². The summed E-state index contributed by atoms with van der Waals surface area (Å²) < 4.78 is 13.3. The number of halogens is 1. The van der Waals surface area contributed by atoms with Crippen molar-refractivity contribution in [3.05, 3.63) is 35.1 Å². The fraction of sp³-hybridized carbons (Fsp3) is 0.571. The molecule has 82 valence electrons. The van der Waals surface area contributed by atoms with Gasteiger partial charge in [0, 0.05) is 0 Å². The monoisotopic (exact) mass is 206 g/mol. The Bertz CT molecular complexity index is 352. The van der Waals surface area contributed by atoms with Crippen LogP contribution in [0.15, 0.2) is 18.2 Å². The first-order valence-electron chi connectivity index (χ1n) is 5.88. The lowest BCUT2D eigenvalue weighted by atomic mass is 9.75. The van der Waals surface area contributed by atoms with Crippen LogP contribution in [0.3, 0.4) is 0 Å². The van der Waals surface area contributed by atoms with Gasteiger partial charge in [-0.25, -0.2) is 4.39 Å². The van der Waals surface area contributed by atoms with E-state index in [0.29, 0.717) is 0 Å². The molecule has 1 aromatic rings. The lowest BCUT2D eigenvalue weighted by Gasteiger charge is -2.30. The summed E-state index contributed by atoms with van der Waals surface area (Å²) in [5, 5.41) is 0. The normalized spacial score (nSPS) is 20.2. The van der Waals surface area contributed by atoms with E-state index in [-0.39, 0.29) is 11.2 Å². The molecule has 0 amide bonds. The summed E-state index contributed by atoms with van der Waals surface area (Å²) >= 11 is 0. The Morgan fingerprint density at radius 2 is 1.93 bits per heavy atom. The van der Waals surface area contributed by atoms with Crippen LogP contribution in [0.5, 0.6) is 0 Å². The van der Waals surface area contributed by atoms with Gasteiger partial charge in [-0.05, 0) is 47.9 Å². The molecule has 0 N–H and O–H groups in total. The number of fused-ring (bicyclic) bond motifs is 1. The summed E-state index contributed by atoms with van der Waals surface area (Å²) in [4.78, 5) is 0. The van der Waals surface area contributed by atoms with E-state index in [9.17, 15) is 4.39 Å². The van der Waals surface area contributed by atoms with Crippen molar-refractivity contribution in [2.75, 3.05) is 0 Å². The van der Waals surface area contributed by atoms with E-state index in [1.54, 1.807) is 12.1 Å². The molecule has 0 saturated carbocycles. The zero-order valence-corrected chi connectivity index (χ0v) is 9.65.